The molecule has 2 aliphatic rings. The molecule has 2 saturated heterocycles. The number of ether oxygens (including phenoxy) is 1. The van der Waals surface area contributed by atoms with Crippen molar-refractivity contribution in [1.29, 1.82) is 0 Å². The molecule has 7 heteroatoms. The van der Waals surface area contributed by atoms with Crippen molar-refractivity contribution in [3.63, 3.8) is 0 Å². The van der Waals surface area contributed by atoms with Gasteiger partial charge in [0.1, 0.15) is 5.75 Å². The Labute approximate surface area is 165 Å². The molecule has 4 rings (SSSR count). The van der Waals surface area contributed by atoms with Gasteiger partial charge >= 0.3 is 0 Å². The summed E-state index contributed by atoms with van der Waals surface area (Å²) in [4.78, 5) is 16.7. The van der Waals surface area contributed by atoms with Crippen molar-refractivity contribution in [1.82, 2.24) is 4.90 Å². The van der Waals surface area contributed by atoms with Crippen LogP contribution in [0.25, 0.3) is 0 Å². The minimum absolute atomic E-state index is 0.0218. The fourth-order valence-electron chi connectivity index (χ4n) is 4.23. The number of anilines is 1. The van der Waals surface area contributed by atoms with Gasteiger partial charge in [-0.05, 0) is 36.2 Å². The van der Waals surface area contributed by atoms with Crippen LogP contribution in [0.1, 0.15) is 5.56 Å². The lowest BCUT2D eigenvalue weighted by molar-refractivity contribution is -0.123. The molecule has 28 heavy (non-hydrogen) atoms. The molecule has 2 atom stereocenters. The maximum absolute atomic E-state index is 12.9. The number of sulfone groups is 1. The Hall–Kier alpha value is -2.38. The zero-order chi connectivity index (χ0) is 19.7. The molecule has 1 amide bonds. The van der Waals surface area contributed by atoms with Crippen molar-refractivity contribution in [3.8, 4) is 5.75 Å². The number of amides is 1. The molecule has 0 aliphatic carbocycles. The van der Waals surface area contributed by atoms with E-state index in [-0.39, 0.29) is 36.0 Å². The third-order valence-corrected chi connectivity index (χ3v) is 7.26. The molecule has 0 radical (unpaired) electrons. The summed E-state index contributed by atoms with van der Waals surface area (Å²) in [6.45, 7) is 0.869. The van der Waals surface area contributed by atoms with Gasteiger partial charge in [-0.1, -0.05) is 30.3 Å². The van der Waals surface area contributed by atoms with Crippen LogP contribution in [0.5, 0.6) is 5.75 Å². The minimum Gasteiger partial charge on any atom is -0.497 e. The number of piperazine rings is 1. The quantitative estimate of drug-likeness (QED) is 0.765. The van der Waals surface area contributed by atoms with Crippen molar-refractivity contribution < 1.29 is 17.9 Å². The first-order chi connectivity index (χ1) is 13.5. The van der Waals surface area contributed by atoms with Crippen LogP contribution in [0, 0.1) is 0 Å². The highest BCUT2D eigenvalue weighted by atomic mass is 32.2. The maximum Gasteiger partial charge on any atom is 0.241 e. The minimum atomic E-state index is -3.18. The summed E-state index contributed by atoms with van der Waals surface area (Å²) in [5, 5.41) is 0. The number of methoxy groups -OCH3 is 1. The van der Waals surface area contributed by atoms with Gasteiger partial charge in [-0.2, -0.15) is 0 Å². The van der Waals surface area contributed by atoms with E-state index in [2.05, 4.69) is 0 Å². The second-order valence-electron chi connectivity index (χ2n) is 7.38. The first-order valence-electron chi connectivity index (χ1n) is 9.41. The van der Waals surface area contributed by atoms with Crippen LogP contribution < -0.4 is 9.64 Å². The van der Waals surface area contributed by atoms with E-state index >= 15 is 0 Å². The number of fused-ring (bicyclic) bond motifs is 1. The van der Waals surface area contributed by atoms with Crippen LogP contribution >= 0.6 is 0 Å². The highest BCUT2D eigenvalue weighted by Gasteiger charge is 2.49. The highest BCUT2D eigenvalue weighted by molar-refractivity contribution is 7.91. The normalized spacial score (nSPS) is 24.2. The maximum atomic E-state index is 12.9. The zero-order valence-corrected chi connectivity index (χ0v) is 16.6. The van der Waals surface area contributed by atoms with Crippen LogP contribution in [-0.4, -0.2) is 63.0 Å². The molecule has 0 bridgehead atoms. The molecule has 0 N–H and O–H groups in total. The second-order valence-corrected chi connectivity index (χ2v) is 9.54. The number of nitrogens with zero attached hydrogens (tertiary/aromatic N) is 2. The smallest absolute Gasteiger partial charge is 0.241 e. The Balaban J connectivity index is 1.56. The van der Waals surface area contributed by atoms with Crippen molar-refractivity contribution in [2.75, 3.05) is 36.6 Å². The Bertz CT molecular complexity index is 961. The van der Waals surface area contributed by atoms with Crippen LogP contribution in [0.4, 0.5) is 5.69 Å². The largest absolute Gasteiger partial charge is 0.497 e. The summed E-state index contributed by atoms with van der Waals surface area (Å²) >= 11 is 0. The van der Waals surface area contributed by atoms with Gasteiger partial charge in [-0.15, -0.1) is 0 Å². The van der Waals surface area contributed by atoms with Crippen molar-refractivity contribution in [2.45, 2.75) is 18.5 Å². The monoisotopic (exact) mass is 400 g/mol. The fourth-order valence-corrected chi connectivity index (χ4v) is 6.21. The summed E-state index contributed by atoms with van der Waals surface area (Å²) in [6.07, 6.45) is 0.735. The van der Waals surface area contributed by atoms with E-state index in [9.17, 15) is 13.2 Å². The van der Waals surface area contributed by atoms with Gasteiger partial charge in [-0.3, -0.25) is 9.69 Å². The molecule has 2 fully saturated rings. The van der Waals surface area contributed by atoms with E-state index in [1.54, 1.807) is 12.0 Å². The molecule has 6 nitrogen and oxygen atoms in total. The zero-order valence-electron chi connectivity index (χ0n) is 15.8. The number of rotatable bonds is 5. The van der Waals surface area contributed by atoms with Gasteiger partial charge in [0.25, 0.3) is 0 Å². The molecule has 2 aliphatic heterocycles. The summed E-state index contributed by atoms with van der Waals surface area (Å²) in [5.41, 5.74) is 1.88. The van der Waals surface area contributed by atoms with Gasteiger partial charge in [0.15, 0.2) is 9.84 Å². The van der Waals surface area contributed by atoms with Crippen LogP contribution in [0.3, 0.4) is 0 Å². The SMILES string of the molecule is COc1cccc(CCN2CC(=O)N(c3ccccc3)C3CS(=O)(=O)CC32)c1. The van der Waals surface area contributed by atoms with Gasteiger partial charge < -0.3 is 9.64 Å². The average molecular weight is 401 g/mol. The van der Waals surface area contributed by atoms with Crippen molar-refractivity contribution >= 4 is 21.4 Å². The van der Waals surface area contributed by atoms with E-state index in [1.807, 2.05) is 59.5 Å². The summed E-state index contributed by atoms with van der Waals surface area (Å²) < 4.78 is 30.1. The number of carbonyl (C=O) groups excluding carboxylic acids is 1. The molecule has 2 unspecified atom stereocenters. The summed E-state index contributed by atoms with van der Waals surface area (Å²) in [7, 11) is -1.54. The summed E-state index contributed by atoms with van der Waals surface area (Å²) in [5.74, 6) is 0.874. The van der Waals surface area contributed by atoms with E-state index in [0.29, 0.717) is 6.54 Å². The van der Waals surface area contributed by atoms with Gasteiger partial charge in [0, 0.05) is 18.3 Å². The standard InChI is InChI=1S/C21H24N2O4S/c1-27-18-9-5-6-16(12-18)10-11-22-13-21(24)23(17-7-3-2-4-8-17)20-15-28(25,26)14-19(20)22/h2-9,12,19-20H,10-11,13-15H2,1H3. The Morgan fingerprint density at radius 2 is 1.79 bits per heavy atom. The Morgan fingerprint density at radius 3 is 2.54 bits per heavy atom. The third-order valence-electron chi connectivity index (χ3n) is 5.56. The number of hydrogen-bond donors (Lipinski definition) is 0. The fraction of sp³-hybridized carbons (Fsp3) is 0.381. The second kappa shape index (κ2) is 7.56. The molecular formula is C21H24N2O4S. The molecule has 0 spiro atoms. The lowest BCUT2D eigenvalue weighted by Crippen LogP contribution is -2.62. The highest BCUT2D eigenvalue weighted by Crippen LogP contribution is 2.31. The van der Waals surface area contributed by atoms with Crippen LogP contribution in [0.2, 0.25) is 0 Å². The lowest BCUT2D eigenvalue weighted by atomic mass is 10.0. The first kappa shape index (κ1) is 19.0. The molecule has 2 aromatic carbocycles. The van der Waals surface area contributed by atoms with E-state index in [1.165, 1.54) is 0 Å². The predicted molar refractivity (Wildman–Crippen MR) is 108 cm³/mol. The van der Waals surface area contributed by atoms with Crippen molar-refractivity contribution in [3.05, 3.63) is 60.2 Å². The lowest BCUT2D eigenvalue weighted by Gasteiger charge is -2.43. The molecule has 2 heterocycles. The number of carbonyl (C=O) groups is 1. The van der Waals surface area contributed by atoms with E-state index in [0.717, 1.165) is 23.4 Å². The Kier molecular flexibility index (Phi) is 5.12. The van der Waals surface area contributed by atoms with Crippen molar-refractivity contribution in [2.24, 2.45) is 0 Å². The summed E-state index contributed by atoms with van der Waals surface area (Å²) in [6, 6.07) is 16.7. The molecular weight excluding hydrogens is 376 g/mol. The number of para-hydroxylation sites is 1. The first-order valence-corrected chi connectivity index (χ1v) is 11.2. The van der Waals surface area contributed by atoms with E-state index in [4.69, 9.17) is 4.74 Å². The predicted octanol–water partition coefficient (Wildman–Crippen LogP) is 1.75. The van der Waals surface area contributed by atoms with Gasteiger partial charge in [0.2, 0.25) is 5.91 Å². The molecule has 2 aromatic rings. The van der Waals surface area contributed by atoms with Gasteiger partial charge in [-0.25, -0.2) is 8.42 Å². The average Bonchev–Trinajstić information content (AvgIpc) is 3.01. The molecule has 148 valence electrons. The van der Waals surface area contributed by atoms with Crippen LogP contribution in [0.15, 0.2) is 54.6 Å². The van der Waals surface area contributed by atoms with Crippen LogP contribution in [-0.2, 0) is 21.1 Å². The van der Waals surface area contributed by atoms with Gasteiger partial charge in [0.05, 0.1) is 31.2 Å². The number of benzene rings is 2. The third kappa shape index (κ3) is 3.77. The van der Waals surface area contributed by atoms with E-state index < -0.39 is 9.84 Å². The topological polar surface area (TPSA) is 66.9 Å². The Morgan fingerprint density at radius 1 is 1.04 bits per heavy atom. The molecule has 0 aromatic heterocycles. The molecule has 0 saturated carbocycles. The number of hydrogen-bond acceptors (Lipinski definition) is 5.